The van der Waals surface area contributed by atoms with E-state index in [2.05, 4.69) is 17.0 Å². The summed E-state index contributed by atoms with van der Waals surface area (Å²) in [5, 5.41) is 9.83. The zero-order valence-corrected chi connectivity index (χ0v) is 15.8. The fourth-order valence-corrected chi connectivity index (χ4v) is 3.55. The standard InChI is InChI=1S/C21H26N2O4/c1-26-18-8-9-20(27-2)16(14-18)15-19(21(24)25)23-12-10-22(11-13-23)17-6-4-3-5-7-17/h3-9,14,19H,10-13,15H2,1-2H3,(H,24,25). The highest BCUT2D eigenvalue weighted by Gasteiger charge is 2.30. The van der Waals surface area contributed by atoms with Crippen LogP contribution in [0.15, 0.2) is 48.5 Å². The number of para-hydroxylation sites is 1. The van der Waals surface area contributed by atoms with Crippen LogP contribution in [-0.2, 0) is 11.2 Å². The second-order valence-corrected chi connectivity index (χ2v) is 6.59. The van der Waals surface area contributed by atoms with Crippen LogP contribution in [0.25, 0.3) is 0 Å². The number of aliphatic carboxylic acids is 1. The van der Waals surface area contributed by atoms with Crippen molar-refractivity contribution >= 4 is 11.7 Å². The van der Waals surface area contributed by atoms with Crippen molar-refractivity contribution in [3.63, 3.8) is 0 Å². The highest BCUT2D eigenvalue weighted by Crippen LogP contribution is 2.27. The molecule has 1 atom stereocenters. The topological polar surface area (TPSA) is 62.2 Å². The molecular formula is C21H26N2O4. The fraction of sp³-hybridized carbons (Fsp3) is 0.381. The summed E-state index contributed by atoms with van der Waals surface area (Å²) in [4.78, 5) is 16.3. The Kier molecular flexibility index (Phi) is 6.19. The Hall–Kier alpha value is -2.73. The maximum absolute atomic E-state index is 12.0. The summed E-state index contributed by atoms with van der Waals surface area (Å²) in [5.74, 6) is 0.571. The Morgan fingerprint density at radius 2 is 1.74 bits per heavy atom. The zero-order chi connectivity index (χ0) is 19.2. The highest BCUT2D eigenvalue weighted by molar-refractivity contribution is 5.74. The number of methoxy groups -OCH3 is 2. The van der Waals surface area contributed by atoms with Crippen LogP contribution in [0.3, 0.4) is 0 Å². The second kappa shape index (κ2) is 8.77. The maximum atomic E-state index is 12.0. The number of carboxylic acid groups (broad SMARTS) is 1. The lowest BCUT2D eigenvalue weighted by Gasteiger charge is -2.39. The van der Waals surface area contributed by atoms with Crippen LogP contribution in [0.5, 0.6) is 11.5 Å². The van der Waals surface area contributed by atoms with Crippen molar-refractivity contribution < 1.29 is 19.4 Å². The molecule has 1 heterocycles. The lowest BCUT2D eigenvalue weighted by Crippen LogP contribution is -2.53. The van der Waals surface area contributed by atoms with Crippen molar-refractivity contribution in [3.8, 4) is 11.5 Å². The lowest BCUT2D eigenvalue weighted by atomic mass is 10.0. The minimum Gasteiger partial charge on any atom is -0.497 e. The predicted molar refractivity (Wildman–Crippen MR) is 105 cm³/mol. The molecule has 0 bridgehead atoms. The Bertz CT molecular complexity index is 758. The van der Waals surface area contributed by atoms with E-state index in [9.17, 15) is 9.90 Å². The number of hydrogen-bond donors (Lipinski definition) is 1. The van der Waals surface area contributed by atoms with Crippen molar-refractivity contribution in [2.45, 2.75) is 12.5 Å². The van der Waals surface area contributed by atoms with Gasteiger partial charge in [0.05, 0.1) is 14.2 Å². The maximum Gasteiger partial charge on any atom is 0.321 e. The van der Waals surface area contributed by atoms with Crippen molar-refractivity contribution in [1.82, 2.24) is 4.90 Å². The predicted octanol–water partition coefficient (Wildman–Crippen LogP) is 2.52. The van der Waals surface area contributed by atoms with E-state index in [-0.39, 0.29) is 0 Å². The summed E-state index contributed by atoms with van der Waals surface area (Å²) in [6, 6.07) is 15.1. The molecule has 2 aromatic rings. The minimum absolute atomic E-state index is 0.376. The number of benzene rings is 2. The molecule has 1 fully saturated rings. The van der Waals surface area contributed by atoms with Gasteiger partial charge in [-0.25, -0.2) is 0 Å². The van der Waals surface area contributed by atoms with Gasteiger partial charge < -0.3 is 19.5 Å². The van der Waals surface area contributed by atoms with Gasteiger partial charge in [-0.2, -0.15) is 0 Å². The van der Waals surface area contributed by atoms with Gasteiger partial charge in [0.15, 0.2) is 0 Å². The molecule has 3 rings (SSSR count). The van der Waals surface area contributed by atoms with Gasteiger partial charge in [-0.3, -0.25) is 9.69 Å². The fourth-order valence-electron chi connectivity index (χ4n) is 3.55. The van der Waals surface area contributed by atoms with Crippen LogP contribution in [0.2, 0.25) is 0 Å². The van der Waals surface area contributed by atoms with E-state index in [4.69, 9.17) is 9.47 Å². The molecule has 1 aliphatic heterocycles. The monoisotopic (exact) mass is 370 g/mol. The first kappa shape index (κ1) is 19.0. The summed E-state index contributed by atoms with van der Waals surface area (Å²) < 4.78 is 10.7. The molecule has 27 heavy (non-hydrogen) atoms. The number of rotatable bonds is 7. The van der Waals surface area contributed by atoms with Gasteiger partial charge in [0.25, 0.3) is 0 Å². The SMILES string of the molecule is COc1ccc(OC)c(CC(C(=O)O)N2CCN(c3ccccc3)CC2)c1. The highest BCUT2D eigenvalue weighted by atomic mass is 16.5. The third kappa shape index (κ3) is 4.52. The molecule has 0 spiro atoms. The molecule has 0 amide bonds. The van der Waals surface area contributed by atoms with E-state index in [0.29, 0.717) is 31.0 Å². The molecule has 6 nitrogen and oxygen atoms in total. The Morgan fingerprint density at radius 3 is 2.33 bits per heavy atom. The summed E-state index contributed by atoms with van der Waals surface area (Å²) in [6.07, 6.45) is 0.376. The average Bonchev–Trinajstić information content (AvgIpc) is 2.72. The first-order chi connectivity index (χ1) is 13.1. The Labute approximate surface area is 159 Å². The lowest BCUT2D eigenvalue weighted by molar-refractivity contribution is -0.143. The van der Waals surface area contributed by atoms with Gasteiger partial charge in [0.2, 0.25) is 0 Å². The molecular weight excluding hydrogens is 344 g/mol. The van der Waals surface area contributed by atoms with Crippen LogP contribution >= 0.6 is 0 Å². The molecule has 1 N–H and O–H groups in total. The molecule has 0 aliphatic carbocycles. The van der Waals surface area contributed by atoms with Crippen molar-refractivity contribution in [2.24, 2.45) is 0 Å². The quantitative estimate of drug-likeness (QED) is 0.808. The van der Waals surface area contributed by atoms with Gasteiger partial charge in [0, 0.05) is 38.3 Å². The number of carboxylic acids is 1. The van der Waals surface area contributed by atoms with Crippen LogP contribution in [0, 0.1) is 0 Å². The van der Waals surface area contributed by atoms with E-state index in [1.807, 2.05) is 41.3 Å². The number of piperazine rings is 1. The second-order valence-electron chi connectivity index (χ2n) is 6.59. The van der Waals surface area contributed by atoms with Crippen LogP contribution in [0.4, 0.5) is 5.69 Å². The van der Waals surface area contributed by atoms with Gasteiger partial charge in [0.1, 0.15) is 17.5 Å². The van der Waals surface area contributed by atoms with Crippen molar-refractivity contribution in [3.05, 3.63) is 54.1 Å². The van der Waals surface area contributed by atoms with Gasteiger partial charge in [-0.15, -0.1) is 0 Å². The molecule has 1 unspecified atom stereocenters. The van der Waals surface area contributed by atoms with Crippen molar-refractivity contribution in [1.29, 1.82) is 0 Å². The number of hydrogen-bond acceptors (Lipinski definition) is 5. The van der Waals surface area contributed by atoms with Crippen LogP contribution < -0.4 is 14.4 Å². The molecule has 144 valence electrons. The summed E-state index contributed by atoms with van der Waals surface area (Å²) in [7, 11) is 3.20. The first-order valence-electron chi connectivity index (χ1n) is 9.10. The Balaban J connectivity index is 1.71. The summed E-state index contributed by atoms with van der Waals surface area (Å²) in [5.41, 5.74) is 2.02. The first-order valence-corrected chi connectivity index (χ1v) is 9.10. The number of ether oxygens (including phenoxy) is 2. The van der Waals surface area contributed by atoms with E-state index in [0.717, 1.165) is 18.7 Å². The van der Waals surface area contributed by atoms with Crippen molar-refractivity contribution in [2.75, 3.05) is 45.3 Å². The zero-order valence-electron chi connectivity index (χ0n) is 15.8. The molecule has 1 aliphatic rings. The van der Waals surface area contributed by atoms with Gasteiger partial charge in [-0.05, 0) is 35.9 Å². The van der Waals surface area contributed by atoms with E-state index in [1.54, 1.807) is 14.2 Å². The average molecular weight is 370 g/mol. The van der Waals surface area contributed by atoms with Gasteiger partial charge >= 0.3 is 5.97 Å². The molecule has 2 aromatic carbocycles. The van der Waals surface area contributed by atoms with Crippen LogP contribution in [0.1, 0.15) is 5.56 Å². The molecule has 1 saturated heterocycles. The number of nitrogens with zero attached hydrogens (tertiary/aromatic N) is 2. The largest absolute Gasteiger partial charge is 0.497 e. The number of anilines is 1. The van der Waals surface area contributed by atoms with E-state index >= 15 is 0 Å². The normalized spacial score (nSPS) is 16.0. The third-order valence-corrected chi connectivity index (χ3v) is 5.06. The molecule has 0 radical (unpaired) electrons. The molecule has 0 saturated carbocycles. The smallest absolute Gasteiger partial charge is 0.321 e. The molecule has 6 heteroatoms. The summed E-state index contributed by atoms with van der Waals surface area (Å²) in [6.45, 7) is 3.03. The summed E-state index contributed by atoms with van der Waals surface area (Å²) >= 11 is 0. The minimum atomic E-state index is -0.812. The third-order valence-electron chi connectivity index (χ3n) is 5.06. The van der Waals surface area contributed by atoms with E-state index in [1.165, 1.54) is 5.69 Å². The Morgan fingerprint density at radius 1 is 1.04 bits per heavy atom. The molecule has 0 aromatic heterocycles. The van der Waals surface area contributed by atoms with E-state index < -0.39 is 12.0 Å². The van der Waals surface area contributed by atoms with Gasteiger partial charge in [-0.1, -0.05) is 18.2 Å². The van der Waals surface area contributed by atoms with Crippen LogP contribution in [-0.4, -0.2) is 62.4 Å². The number of carbonyl (C=O) groups is 1.